The predicted molar refractivity (Wildman–Crippen MR) is 165 cm³/mol. The van der Waals surface area contributed by atoms with Gasteiger partial charge < -0.3 is 14.8 Å². The van der Waals surface area contributed by atoms with Gasteiger partial charge in [-0.25, -0.2) is 14.5 Å². The molecule has 45 heavy (non-hydrogen) atoms. The standard InChI is InChI=1S/C31H29F3N6O4S/c1-19(2)43-26-14-4-20(3)16-25(26)40-28(41)17-45-30(40)37-29(42)36-22-8-5-21(6-9-22)7-15-27-35-18-39(38-27)23-10-12-24(13-11-23)44-31(32,33)34/h4-6,8-14,16,18-19H,7,15,17H2,1-3H3,(H,36,42). The van der Waals surface area contributed by atoms with Gasteiger partial charge in [0, 0.05) is 12.1 Å². The molecule has 1 aromatic heterocycles. The predicted octanol–water partition coefficient (Wildman–Crippen LogP) is 6.71. The zero-order chi connectivity index (χ0) is 32.1. The normalized spacial score (nSPS) is 14.3. The Morgan fingerprint density at radius 3 is 2.49 bits per heavy atom. The second kappa shape index (κ2) is 13.4. The number of benzene rings is 3. The number of carbonyl (C=O) groups is 2. The lowest BCUT2D eigenvalue weighted by atomic mass is 10.1. The SMILES string of the molecule is Cc1ccc(OC(C)C)c(N2C(=O)CSC2=NC(=O)Nc2ccc(CCc3ncn(-c4ccc(OC(F)(F)F)cc4)n3)cc2)c1. The van der Waals surface area contributed by atoms with Gasteiger partial charge in [0.2, 0.25) is 5.91 Å². The topological polar surface area (TPSA) is 111 Å². The third kappa shape index (κ3) is 8.41. The number of hydrogen-bond donors (Lipinski definition) is 1. The van der Waals surface area contributed by atoms with E-state index >= 15 is 0 Å². The fraction of sp³-hybridized carbons (Fsp3) is 0.258. The molecule has 0 atom stereocenters. The van der Waals surface area contributed by atoms with Crippen LogP contribution in [0.15, 0.2) is 78.0 Å². The van der Waals surface area contributed by atoms with Gasteiger partial charge in [0.25, 0.3) is 0 Å². The van der Waals surface area contributed by atoms with Crippen LogP contribution in [0.2, 0.25) is 0 Å². The first-order valence-electron chi connectivity index (χ1n) is 13.9. The number of hydrogen-bond acceptors (Lipinski definition) is 7. The smallest absolute Gasteiger partial charge is 0.489 e. The molecule has 0 radical (unpaired) electrons. The van der Waals surface area contributed by atoms with Crippen LogP contribution in [0, 0.1) is 6.92 Å². The summed E-state index contributed by atoms with van der Waals surface area (Å²) in [5.41, 5.74) is 3.53. The third-order valence-corrected chi connectivity index (χ3v) is 7.32. The number of anilines is 2. The number of ether oxygens (including phenoxy) is 2. The van der Waals surface area contributed by atoms with Crippen LogP contribution in [-0.2, 0) is 17.6 Å². The van der Waals surface area contributed by atoms with Crippen LogP contribution in [0.3, 0.4) is 0 Å². The number of amidine groups is 1. The molecule has 0 saturated carbocycles. The number of carbonyl (C=O) groups excluding carboxylic acids is 2. The van der Waals surface area contributed by atoms with Gasteiger partial charge in [-0.05, 0) is 86.8 Å². The summed E-state index contributed by atoms with van der Waals surface area (Å²) in [5, 5.41) is 7.41. The number of amides is 3. The minimum absolute atomic E-state index is 0.103. The molecule has 1 aliphatic heterocycles. The number of aromatic nitrogens is 3. The highest BCUT2D eigenvalue weighted by atomic mass is 32.2. The van der Waals surface area contributed by atoms with Crippen molar-refractivity contribution in [3.8, 4) is 17.2 Å². The molecule has 1 saturated heterocycles. The monoisotopic (exact) mass is 638 g/mol. The van der Waals surface area contributed by atoms with Crippen molar-refractivity contribution in [1.82, 2.24) is 14.8 Å². The van der Waals surface area contributed by atoms with Crippen LogP contribution in [0.5, 0.6) is 11.5 Å². The van der Waals surface area contributed by atoms with E-state index in [1.165, 1.54) is 51.9 Å². The third-order valence-electron chi connectivity index (χ3n) is 6.40. The van der Waals surface area contributed by atoms with Crippen molar-refractivity contribution >= 4 is 40.2 Å². The largest absolute Gasteiger partial charge is 0.573 e. The summed E-state index contributed by atoms with van der Waals surface area (Å²) < 4.78 is 48.4. The quantitative estimate of drug-likeness (QED) is 0.217. The number of aryl methyl sites for hydroxylation is 3. The molecule has 4 aromatic rings. The first kappa shape index (κ1) is 31.6. The lowest BCUT2D eigenvalue weighted by Crippen LogP contribution is -2.31. The fourth-order valence-electron chi connectivity index (χ4n) is 4.42. The summed E-state index contributed by atoms with van der Waals surface area (Å²) in [7, 11) is 0. The maximum Gasteiger partial charge on any atom is 0.573 e. The minimum Gasteiger partial charge on any atom is -0.489 e. The number of nitrogens with zero attached hydrogens (tertiary/aromatic N) is 5. The van der Waals surface area contributed by atoms with Crippen molar-refractivity contribution < 1.29 is 32.2 Å². The average molecular weight is 639 g/mol. The van der Waals surface area contributed by atoms with Crippen LogP contribution in [0.25, 0.3) is 5.69 Å². The Kier molecular flexibility index (Phi) is 9.42. The fourth-order valence-corrected chi connectivity index (χ4v) is 5.28. The van der Waals surface area contributed by atoms with Crippen LogP contribution < -0.4 is 19.7 Å². The average Bonchev–Trinajstić information content (AvgIpc) is 3.59. The molecule has 10 nitrogen and oxygen atoms in total. The molecule has 234 valence electrons. The highest BCUT2D eigenvalue weighted by Crippen LogP contribution is 2.36. The van der Waals surface area contributed by atoms with Crippen LogP contribution in [-0.4, -0.2) is 50.1 Å². The second-order valence-electron chi connectivity index (χ2n) is 10.3. The molecule has 0 bridgehead atoms. The Bertz CT molecular complexity index is 1710. The molecule has 0 spiro atoms. The molecule has 3 amide bonds. The van der Waals surface area contributed by atoms with E-state index in [9.17, 15) is 22.8 Å². The number of thioether (sulfide) groups is 1. The number of aliphatic imine (C=N–C) groups is 1. The van der Waals surface area contributed by atoms with Crippen molar-refractivity contribution in [2.45, 2.75) is 46.1 Å². The second-order valence-corrected chi connectivity index (χ2v) is 11.3. The molecular weight excluding hydrogens is 609 g/mol. The number of halogens is 3. The van der Waals surface area contributed by atoms with Crippen LogP contribution >= 0.6 is 11.8 Å². The first-order chi connectivity index (χ1) is 21.4. The van der Waals surface area contributed by atoms with Crippen molar-refractivity contribution in [1.29, 1.82) is 0 Å². The minimum atomic E-state index is -4.76. The van der Waals surface area contributed by atoms with Crippen LogP contribution in [0.1, 0.15) is 30.8 Å². The van der Waals surface area contributed by atoms with E-state index in [0.717, 1.165) is 11.1 Å². The molecule has 14 heteroatoms. The van der Waals surface area contributed by atoms with E-state index in [2.05, 4.69) is 25.1 Å². The molecule has 0 aliphatic carbocycles. The van der Waals surface area contributed by atoms with E-state index in [4.69, 9.17) is 4.74 Å². The lowest BCUT2D eigenvalue weighted by molar-refractivity contribution is -0.274. The summed E-state index contributed by atoms with van der Waals surface area (Å²) in [6.45, 7) is 5.71. The van der Waals surface area contributed by atoms with E-state index < -0.39 is 12.4 Å². The van der Waals surface area contributed by atoms with Gasteiger partial charge in [0.1, 0.15) is 17.8 Å². The maximum absolute atomic E-state index is 12.8. The summed E-state index contributed by atoms with van der Waals surface area (Å²) in [6, 6.07) is 17.5. The van der Waals surface area contributed by atoms with Gasteiger partial charge >= 0.3 is 12.4 Å². The molecule has 0 unspecified atom stereocenters. The molecular formula is C31H29F3N6O4S. The number of nitrogens with one attached hydrogen (secondary N) is 1. The number of alkyl halides is 3. The zero-order valence-corrected chi connectivity index (χ0v) is 25.4. The molecule has 3 aromatic carbocycles. The van der Waals surface area contributed by atoms with Gasteiger partial charge in [-0.1, -0.05) is 30.0 Å². The Hall–Kier alpha value is -4.85. The summed E-state index contributed by atoms with van der Waals surface area (Å²) in [4.78, 5) is 35.5. The van der Waals surface area contributed by atoms with Crippen molar-refractivity contribution in [3.05, 3.63) is 90.0 Å². The molecule has 1 fully saturated rings. The first-order valence-corrected chi connectivity index (χ1v) is 14.9. The number of urea groups is 1. The molecule has 2 heterocycles. The highest BCUT2D eigenvalue weighted by Gasteiger charge is 2.33. The summed E-state index contributed by atoms with van der Waals surface area (Å²) in [6.07, 6.45) is -2.24. The lowest BCUT2D eigenvalue weighted by Gasteiger charge is -2.21. The Morgan fingerprint density at radius 1 is 1.07 bits per heavy atom. The molecule has 1 N–H and O–H groups in total. The zero-order valence-electron chi connectivity index (χ0n) is 24.5. The van der Waals surface area contributed by atoms with Gasteiger partial charge in [-0.2, -0.15) is 10.1 Å². The Labute approximate surface area is 261 Å². The van der Waals surface area contributed by atoms with Gasteiger partial charge in [0.15, 0.2) is 11.0 Å². The molecule has 5 rings (SSSR count). The maximum atomic E-state index is 12.8. The summed E-state index contributed by atoms with van der Waals surface area (Å²) in [5.74, 6) is 0.740. The van der Waals surface area contributed by atoms with Crippen molar-refractivity contribution in [2.24, 2.45) is 4.99 Å². The van der Waals surface area contributed by atoms with Gasteiger partial charge in [0.05, 0.1) is 23.2 Å². The Balaban J connectivity index is 1.18. The van der Waals surface area contributed by atoms with Crippen molar-refractivity contribution in [2.75, 3.05) is 16.0 Å². The number of rotatable bonds is 9. The van der Waals surface area contributed by atoms with Gasteiger partial charge in [-0.15, -0.1) is 13.2 Å². The molecule has 1 aliphatic rings. The summed E-state index contributed by atoms with van der Waals surface area (Å²) >= 11 is 1.19. The highest BCUT2D eigenvalue weighted by molar-refractivity contribution is 8.15. The van der Waals surface area contributed by atoms with E-state index in [0.29, 0.717) is 41.5 Å². The Morgan fingerprint density at radius 2 is 1.80 bits per heavy atom. The van der Waals surface area contributed by atoms with E-state index in [-0.39, 0.29) is 28.7 Å². The van der Waals surface area contributed by atoms with Gasteiger partial charge in [-0.3, -0.25) is 9.69 Å². The van der Waals surface area contributed by atoms with E-state index in [1.54, 1.807) is 18.2 Å². The van der Waals surface area contributed by atoms with E-state index in [1.807, 2.05) is 45.0 Å². The van der Waals surface area contributed by atoms with Crippen molar-refractivity contribution in [3.63, 3.8) is 0 Å². The van der Waals surface area contributed by atoms with Crippen LogP contribution in [0.4, 0.5) is 29.3 Å².